The largest absolute Gasteiger partial charge is 0.396 e. The summed E-state index contributed by atoms with van der Waals surface area (Å²) in [4.78, 5) is 2.42. The Kier molecular flexibility index (Phi) is 4.46. The molecule has 0 radical (unpaired) electrons. The van der Waals surface area contributed by atoms with Crippen LogP contribution in [0.25, 0.3) is 0 Å². The fraction of sp³-hybridized carbons (Fsp3) is 0.818. The van der Waals surface area contributed by atoms with E-state index in [0.717, 1.165) is 12.8 Å². The molecule has 0 bridgehead atoms. The highest BCUT2D eigenvalue weighted by atomic mass is 16.2. The molecule has 0 amide bonds. The van der Waals surface area contributed by atoms with Crippen molar-refractivity contribution in [3.63, 3.8) is 0 Å². The van der Waals surface area contributed by atoms with Gasteiger partial charge in [0.25, 0.3) is 0 Å². The molecule has 1 saturated heterocycles. The Balaban J connectivity index is 2.29. The average Bonchev–Trinajstić information content (AvgIpc) is 2.09. The summed E-state index contributed by atoms with van der Waals surface area (Å²) in [5.74, 6) is 0. The van der Waals surface area contributed by atoms with E-state index in [1.165, 1.54) is 31.4 Å². The van der Waals surface area contributed by atoms with Crippen molar-refractivity contribution in [2.75, 3.05) is 20.2 Å². The number of rotatable bonds is 4. The van der Waals surface area contributed by atoms with Crippen LogP contribution in [-0.2, 0) is 0 Å². The number of aliphatic hydroxyl groups is 1. The van der Waals surface area contributed by atoms with E-state index in [0.29, 0.717) is 6.04 Å². The Bertz CT molecular complexity index is 167. The number of nitrogens with zero attached hydrogens (tertiary/aromatic N) is 1. The fourth-order valence-electron chi connectivity index (χ4n) is 2.00. The van der Waals surface area contributed by atoms with Gasteiger partial charge >= 0.3 is 0 Å². The molecular weight excluding hydrogens is 162 g/mol. The highest BCUT2D eigenvalue weighted by molar-refractivity contribution is 4.98. The van der Waals surface area contributed by atoms with Crippen molar-refractivity contribution >= 4 is 0 Å². The third-order valence-electron chi connectivity index (χ3n) is 2.91. The smallest absolute Gasteiger partial charge is 0.0468 e. The van der Waals surface area contributed by atoms with E-state index in [9.17, 15) is 0 Å². The molecule has 0 aromatic heterocycles. The van der Waals surface area contributed by atoms with E-state index >= 15 is 0 Å². The molecule has 1 atom stereocenters. The number of aliphatic hydroxyl groups excluding tert-OH is 1. The van der Waals surface area contributed by atoms with Crippen LogP contribution in [0.2, 0.25) is 0 Å². The van der Waals surface area contributed by atoms with E-state index in [2.05, 4.69) is 18.5 Å². The molecule has 1 unspecified atom stereocenters. The summed E-state index contributed by atoms with van der Waals surface area (Å²) in [6.45, 7) is 5.45. The standard InChI is InChI=1S/C11H21NO/c1-10(6-8-13)9-11-5-3-4-7-12(11)2/h11,13H,1,3-9H2,2H3. The summed E-state index contributed by atoms with van der Waals surface area (Å²) in [6.07, 6.45) is 5.81. The second-order valence-electron chi connectivity index (χ2n) is 4.06. The summed E-state index contributed by atoms with van der Waals surface area (Å²) >= 11 is 0. The Hall–Kier alpha value is -0.340. The van der Waals surface area contributed by atoms with Gasteiger partial charge in [0.05, 0.1) is 0 Å². The van der Waals surface area contributed by atoms with E-state index in [4.69, 9.17) is 5.11 Å². The van der Waals surface area contributed by atoms with Gasteiger partial charge in [-0.25, -0.2) is 0 Å². The lowest BCUT2D eigenvalue weighted by Crippen LogP contribution is -2.36. The molecular formula is C11H21NO. The summed E-state index contributed by atoms with van der Waals surface area (Å²) < 4.78 is 0. The third kappa shape index (κ3) is 3.49. The summed E-state index contributed by atoms with van der Waals surface area (Å²) in [5, 5.41) is 8.76. The molecule has 76 valence electrons. The van der Waals surface area contributed by atoms with E-state index < -0.39 is 0 Å². The van der Waals surface area contributed by atoms with E-state index in [-0.39, 0.29) is 6.61 Å². The molecule has 1 N–H and O–H groups in total. The molecule has 0 aliphatic carbocycles. The van der Waals surface area contributed by atoms with Crippen LogP contribution in [0.5, 0.6) is 0 Å². The van der Waals surface area contributed by atoms with Crippen molar-refractivity contribution in [2.45, 2.75) is 38.1 Å². The van der Waals surface area contributed by atoms with Crippen LogP contribution >= 0.6 is 0 Å². The molecule has 1 rings (SSSR count). The van der Waals surface area contributed by atoms with Crippen LogP contribution in [-0.4, -0.2) is 36.2 Å². The number of hydrogen-bond donors (Lipinski definition) is 1. The third-order valence-corrected chi connectivity index (χ3v) is 2.91. The first-order valence-electron chi connectivity index (χ1n) is 5.22. The average molecular weight is 183 g/mol. The Labute approximate surface area is 81.2 Å². The Morgan fingerprint density at radius 3 is 2.92 bits per heavy atom. The van der Waals surface area contributed by atoms with Crippen LogP contribution in [0.1, 0.15) is 32.1 Å². The first-order valence-corrected chi connectivity index (χ1v) is 5.22. The fourth-order valence-corrected chi connectivity index (χ4v) is 2.00. The van der Waals surface area contributed by atoms with Crippen molar-refractivity contribution in [2.24, 2.45) is 0 Å². The van der Waals surface area contributed by atoms with Gasteiger partial charge in [-0.05, 0) is 39.3 Å². The molecule has 1 aliphatic rings. The summed E-state index contributed by atoms with van der Waals surface area (Å²) in [5.41, 5.74) is 1.20. The lowest BCUT2D eigenvalue weighted by atomic mass is 9.96. The van der Waals surface area contributed by atoms with Gasteiger partial charge in [0.2, 0.25) is 0 Å². The molecule has 2 nitrogen and oxygen atoms in total. The van der Waals surface area contributed by atoms with Crippen LogP contribution in [0.4, 0.5) is 0 Å². The number of hydrogen-bond acceptors (Lipinski definition) is 2. The molecule has 0 aromatic rings. The molecule has 13 heavy (non-hydrogen) atoms. The lowest BCUT2D eigenvalue weighted by molar-refractivity contribution is 0.182. The van der Waals surface area contributed by atoms with Gasteiger partial charge in [0, 0.05) is 12.6 Å². The van der Waals surface area contributed by atoms with Crippen LogP contribution < -0.4 is 0 Å². The maximum absolute atomic E-state index is 8.76. The Morgan fingerprint density at radius 1 is 1.54 bits per heavy atom. The molecule has 1 fully saturated rings. The summed E-state index contributed by atoms with van der Waals surface area (Å²) in [6, 6.07) is 0.674. The zero-order valence-electron chi connectivity index (χ0n) is 8.63. The first kappa shape index (κ1) is 10.7. The first-order chi connectivity index (χ1) is 6.24. The SMILES string of the molecule is C=C(CCO)CC1CCCCN1C. The van der Waals surface area contributed by atoms with Crippen molar-refractivity contribution in [3.05, 3.63) is 12.2 Å². The lowest BCUT2D eigenvalue weighted by Gasteiger charge is -2.32. The highest BCUT2D eigenvalue weighted by Gasteiger charge is 2.18. The maximum atomic E-state index is 8.76. The van der Waals surface area contributed by atoms with Gasteiger partial charge in [-0.3, -0.25) is 0 Å². The van der Waals surface area contributed by atoms with Crippen LogP contribution in [0, 0.1) is 0 Å². The van der Waals surface area contributed by atoms with Gasteiger partial charge in [0.15, 0.2) is 0 Å². The van der Waals surface area contributed by atoms with Gasteiger partial charge in [-0.1, -0.05) is 18.6 Å². The van der Waals surface area contributed by atoms with Gasteiger partial charge in [0.1, 0.15) is 0 Å². The maximum Gasteiger partial charge on any atom is 0.0468 e. The molecule has 0 aromatic carbocycles. The summed E-state index contributed by atoms with van der Waals surface area (Å²) in [7, 11) is 2.19. The minimum Gasteiger partial charge on any atom is -0.396 e. The molecule has 1 heterocycles. The quantitative estimate of drug-likeness (QED) is 0.672. The number of likely N-dealkylation sites (tertiary alicyclic amines) is 1. The zero-order chi connectivity index (χ0) is 9.68. The van der Waals surface area contributed by atoms with Gasteiger partial charge < -0.3 is 10.0 Å². The van der Waals surface area contributed by atoms with Gasteiger partial charge in [-0.2, -0.15) is 0 Å². The van der Waals surface area contributed by atoms with Crippen molar-refractivity contribution in [1.29, 1.82) is 0 Å². The minimum atomic E-state index is 0.245. The van der Waals surface area contributed by atoms with Crippen LogP contribution in [0.3, 0.4) is 0 Å². The predicted molar refractivity (Wildman–Crippen MR) is 55.7 cm³/mol. The second kappa shape index (κ2) is 5.40. The van der Waals surface area contributed by atoms with Gasteiger partial charge in [-0.15, -0.1) is 0 Å². The highest BCUT2D eigenvalue weighted by Crippen LogP contribution is 2.21. The zero-order valence-corrected chi connectivity index (χ0v) is 8.63. The Morgan fingerprint density at radius 2 is 2.31 bits per heavy atom. The monoisotopic (exact) mass is 183 g/mol. The van der Waals surface area contributed by atoms with Crippen molar-refractivity contribution < 1.29 is 5.11 Å². The van der Waals surface area contributed by atoms with Crippen molar-refractivity contribution in [1.82, 2.24) is 4.90 Å². The second-order valence-corrected chi connectivity index (χ2v) is 4.06. The van der Waals surface area contributed by atoms with E-state index in [1.807, 2.05) is 0 Å². The number of piperidine rings is 1. The molecule has 0 spiro atoms. The van der Waals surface area contributed by atoms with Crippen LogP contribution in [0.15, 0.2) is 12.2 Å². The normalized spacial score (nSPS) is 24.6. The van der Waals surface area contributed by atoms with Crippen molar-refractivity contribution in [3.8, 4) is 0 Å². The molecule has 1 aliphatic heterocycles. The van der Waals surface area contributed by atoms with E-state index in [1.54, 1.807) is 0 Å². The topological polar surface area (TPSA) is 23.5 Å². The minimum absolute atomic E-state index is 0.245. The molecule has 0 saturated carbocycles. The predicted octanol–water partition coefficient (Wildman–Crippen LogP) is 1.80. The molecule has 2 heteroatoms.